The van der Waals surface area contributed by atoms with E-state index in [1.54, 1.807) is 31.4 Å². The molecule has 0 saturated heterocycles. The number of aromatic nitrogens is 3. The minimum absolute atomic E-state index is 0.154. The predicted molar refractivity (Wildman–Crippen MR) is 118 cm³/mol. The van der Waals surface area contributed by atoms with Gasteiger partial charge in [-0.3, -0.25) is 9.36 Å². The first-order chi connectivity index (χ1) is 14.0. The normalized spacial score (nSPS) is 10.6. The van der Waals surface area contributed by atoms with Crippen LogP contribution in [0, 0.1) is 0 Å². The van der Waals surface area contributed by atoms with E-state index >= 15 is 0 Å². The Labute approximate surface area is 182 Å². The molecule has 0 spiro atoms. The van der Waals surface area contributed by atoms with Gasteiger partial charge in [0.2, 0.25) is 5.91 Å². The van der Waals surface area contributed by atoms with Crippen molar-refractivity contribution in [3.8, 4) is 17.1 Å². The Balaban J connectivity index is 1.75. The summed E-state index contributed by atoms with van der Waals surface area (Å²) in [4.78, 5) is 12.3. The van der Waals surface area contributed by atoms with Crippen molar-refractivity contribution < 1.29 is 9.53 Å². The van der Waals surface area contributed by atoms with Crippen molar-refractivity contribution in [1.82, 2.24) is 14.8 Å². The fourth-order valence-electron chi connectivity index (χ4n) is 2.62. The van der Waals surface area contributed by atoms with Gasteiger partial charge in [0.1, 0.15) is 5.75 Å². The largest absolute Gasteiger partial charge is 0.496 e. The molecule has 150 valence electrons. The monoisotopic (exact) mass is 448 g/mol. The molecule has 1 N–H and O–H groups in total. The Bertz CT molecular complexity index is 1040. The second-order valence-corrected chi connectivity index (χ2v) is 7.63. The quantitative estimate of drug-likeness (QED) is 0.379. The Kier molecular flexibility index (Phi) is 7.19. The summed E-state index contributed by atoms with van der Waals surface area (Å²) in [6.45, 7) is 4.30. The topological polar surface area (TPSA) is 69.0 Å². The molecule has 0 aliphatic rings. The number of benzene rings is 2. The number of ether oxygens (including phenoxy) is 1. The van der Waals surface area contributed by atoms with Gasteiger partial charge < -0.3 is 10.1 Å². The summed E-state index contributed by atoms with van der Waals surface area (Å²) < 4.78 is 7.32. The lowest BCUT2D eigenvalue weighted by Crippen LogP contribution is -2.14. The van der Waals surface area contributed by atoms with E-state index in [0.29, 0.717) is 39.0 Å². The van der Waals surface area contributed by atoms with Crippen molar-refractivity contribution in [3.63, 3.8) is 0 Å². The molecule has 1 amide bonds. The molecule has 1 heterocycles. The fourth-order valence-corrected chi connectivity index (χ4v) is 3.66. The van der Waals surface area contributed by atoms with Gasteiger partial charge in [0, 0.05) is 12.2 Å². The molecule has 2 aromatic carbocycles. The standard InChI is InChI=1S/C20H18Cl2N4O2S/c1-3-10-26-19(14-6-4-5-7-17(14)28-2)24-25-20(26)29-12-18(27)23-13-8-9-15(21)16(22)11-13/h3-9,11H,1,10,12H2,2H3,(H,23,27). The van der Waals surface area contributed by atoms with E-state index in [1.807, 2.05) is 28.8 Å². The second kappa shape index (κ2) is 9.82. The van der Waals surface area contributed by atoms with E-state index in [0.717, 1.165) is 5.56 Å². The summed E-state index contributed by atoms with van der Waals surface area (Å²) in [5, 5.41) is 12.7. The molecule has 0 atom stereocenters. The number of hydrogen-bond acceptors (Lipinski definition) is 5. The molecule has 0 aliphatic carbocycles. The molecule has 9 heteroatoms. The summed E-state index contributed by atoms with van der Waals surface area (Å²) in [5.41, 5.74) is 1.39. The average molecular weight is 449 g/mol. The van der Waals surface area contributed by atoms with Crippen LogP contribution in [-0.2, 0) is 11.3 Å². The lowest BCUT2D eigenvalue weighted by atomic mass is 10.2. The van der Waals surface area contributed by atoms with Gasteiger partial charge in [0.25, 0.3) is 0 Å². The molecule has 6 nitrogen and oxygen atoms in total. The molecule has 3 aromatic rings. The van der Waals surface area contributed by atoms with E-state index in [4.69, 9.17) is 27.9 Å². The molecular weight excluding hydrogens is 431 g/mol. The third-order valence-electron chi connectivity index (χ3n) is 3.91. The number of nitrogens with one attached hydrogen (secondary N) is 1. The molecular formula is C20H18Cl2N4O2S. The van der Waals surface area contributed by atoms with Gasteiger partial charge in [-0.2, -0.15) is 0 Å². The molecule has 0 bridgehead atoms. The molecule has 0 fully saturated rings. The summed E-state index contributed by atoms with van der Waals surface area (Å²) in [6.07, 6.45) is 1.75. The zero-order valence-electron chi connectivity index (χ0n) is 15.6. The number of para-hydroxylation sites is 1. The van der Waals surface area contributed by atoms with Crippen LogP contribution in [0.4, 0.5) is 5.69 Å². The summed E-state index contributed by atoms with van der Waals surface area (Å²) >= 11 is 13.2. The van der Waals surface area contributed by atoms with Crippen molar-refractivity contribution >= 4 is 46.6 Å². The van der Waals surface area contributed by atoms with Gasteiger partial charge in [-0.05, 0) is 30.3 Å². The van der Waals surface area contributed by atoms with Crippen LogP contribution in [0.3, 0.4) is 0 Å². The molecule has 0 unspecified atom stereocenters. The van der Waals surface area contributed by atoms with Crippen LogP contribution in [0.1, 0.15) is 0 Å². The molecule has 29 heavy (non-hydrogen) atoms. The fraction of sp³-hybridized carbons (Fsp3) is 0.150. The molecule has 0 saturated carbocycles. The second-order valence-electron chi connectivity index (χ2n) is 5.87. The number of halogens is 2. The number of thioether (sulfide) groups is 1. The van der Waals surface area contributed by atoms with E-state index in [9.17, 15) is 4.79 Å². The number of rotatable bonds is 8. The first kappa shape index (κ1) is 21.2. The average Bonchev–Trinajstić information content (AvgIpc) is 3.12. The summed E-state index contributed by atoms with van der Waals surface area (Å²) in [7, 11) is 1.61. The zero-order valence-corrected chi connectivity index (χ0v) is 17.9. The third-order valence-corrected chi connectivity index (χ3v) is 5.62. The van der Waals surface area contributed by atoms with Gasteiger partial charge in [-0.15, -0.1) is 16.8 Å². The van der Waals surface area contributed by atoms with Gasteiger partial charge in [0.15, 0.2) is 11.0 Å². The van der Waals surface area contributed by atoms with Crippen molar-refractivity contribution in [2.45, 2.75) is 11.7 Å². The van der Waals surface area contributed by atoms with Crippen LogP contribution in [0.5, 0.6) is 5.75 Å². The maximum atomic E-state index is 12.3. The summed E-state index contributed by atoms with van der Waals surface area (Å²) in [5.74, 6) is 1.30. The van der Waals surface area contributed by atoms with Crippen LogP contribution in [0.15, 0.2) is 60.3 Å². The zero-order chi connectivity index (χ0) is 20.8. The van der Waals surface area contributed by atoms with E-state index in [2.05, 4.69) is 22.1 Å². The Hall–Kier alpha value is -2.48. The molecule has 3 rings (SSSR count). The van der Waals surface area contributed by atoms with Gasteiger partial charge in [0.05, 0.1) is 28.5 Å². The maximum absolute atomic E-state index is 12.3. The van der Waals surface area contributed by atoms with Crippen LogP contribution in [0.25, 0.3) is 11.4 Å². The molecule has 0 aliphatic heterocycles. The SMILES string of the molecule is C=CCn1c(SCC(=O)Nc2ccc(Cl)c(Cl)c2)nnc1-c1ccccc1OC. The highest BCUT2D eigenvalue weighted by molar-refractivity contribution is 7.99. The van der Waals surface area contributed by atoms with Crippen molar-refractivity contribution in [1.29, 1.82) is 0 Å². The van der Waals surface area contributed by atoms with E-state index < -0.39 is 0 Å². The van der Waals surface area contributed by atoms with E-state index in [1.165, 1.54) is 11.8 Å². The van der Waals surface area contributed by atoms with Crippen molar-refractivity contribution in [2.24, 2.45) is 0 Å². The minimum atomic E-state index is -0.194. The van der Waals surface area contributed by atoms with Crippen LogP contribution < -0.4 is 10.1 Å². The molecule has 1 aromatic heterocycles. The third kappa shape index (κ3) is 5.12. The number of carbonyl (C=O) groups excluding carboxylic acids is 1. The number of anilines is 1. The Morgan fingerprint density at radius 3 is 2.76 bits per heavy atom. The highest BCUT2D eigenvalue weighted by atomic mass is 35.5. The first-order valence-electron chi connectivity index (χ1n) is 8.58. The lowest BCUT2D eigenvalue weighted by Gasteiger charge is -2.10. The van der Waals surface area contributed by atoms with E-state index in [-0.39, 0.29) is 11.7 Å². The highest BCUT2D eigenvalue weighted by Gasteiger charge is 2.17. The van der Waals surface area contributed by atoms with Crippen molar-refractivity contribution in [3.05, 3.63) is 65.2 Å². The number of methoxy groups -OCH3 is 1. The number of allylic oxidation sites excluding steroid dienone is 1. The van der Waals surface area contributed by atoms with Crippen LogP contribution >= 0.6 is 35.0 Å². The number of carbonyl (C=O) groups is 1. The van der Waals surface area contributed by atoms with Crippen LogP contribution in [0.2, 0.25) is 10.0 Å². The lowest BCUT2D eigenvalue weighted by molar-refractivity contribution is -0.113. The number of hydrogen-bond donors (Lipinski definition) is 1. The van der Waals surface area contributed by atoms with Gasteiger partial charge in [-0.1, -0.05) is 53.2 Å². The highest BCUT2D eigenvalue weighted by Crippen LogP contribution is 2.31. The van der Waals surface area contributed by atoms with Crippen molar-refractivity contribution in [2.75, 3.05) is 18.2 Å². The number of amides is 1. The predicted octanol–water partition coefficient (Wildman–Crippen LogP) is 5.18. The Morgan fingerprint density at radius 2 is 2.03 bits per heavy atom. The first-order valence-corrected chi connectivity index (χ1v) is 10.3. The summed E-state index contributed by atoms with van der Waals surface area (Å²) in [6, 6.07) is 12.5. The molecule has 0 radical (unpaired) electrons. The minimum Gasteiger partial charge on any atom is -0.496 e. The smallest absolute Gasteiger partial charge is 0.234 e. The maximum Gasteiger partial charge on any atom is 0.234 e. The van der Waals surface area contributed by atoms with Gasteiger partial charge >= 0.3 is 0 Å². The van der Waals surface area contributed by atoms with Gasteiger partial charge in [-0.25, -0.2) is 0 Å². The number of nitrogens with zero attached hydrogens (tertiary/aromatic N) is 3. The Morgan fingerprint density at radius 1 is 1.24 bits per heavy atom. The van der Waals surface area contributed by atoms with Crippen LogP contribution in [-0.4, -0.2) is 33.5 Å².